The molecule has 1 saturated heterocycles. The van der Waals surface area contributed by atoms with Gasteiger partial charge in [0, 0.05) is 34.8 Å². The van der Waals surface area contributed by atoms with Crippen LogP contribution < -0.4 is 10.5 Å². The van der Waals surface area contributed by atoms with Crippen LogP contribution in [0.1, 0.15) is 18.4 Å². The highest BCUT2D eigenvalue weighted by molar-refractivity contribution is 7.99. The number of amides is 1. The van der Waals surface area contributed by atoms with E-state index in [4.69, 9.17) is 10.5 Å². The van der Waals surface area contributed by atoms with Gasteiger partial charge >= 0.3 is 0 Å². The molecule has 1 amide bonds. The Morgan fingerprint density at radius 3 is 3.04 bits per heavy atom. The summed E-state index contributed by atoms with van der Waals surface area (Å²) in [5.41, 5.74) is 7.88. The number of rotatable bonds is 5. The van der Waals surface area contributed by atoms with Gasteiger partial charge in [0.2, 0.25) is 5.91 Å². The third-order valence-electron chi connectivity index (χ3n) is 5.77. The highest BCUT2D eigenvalue weighted by Gasteiger charge is 2.38. The Morgan fingerprint density at radius 2 is 2.30 bits per heavy atom. The van der Waals surface area contributed by atoms with E-state index < -0.39 is 0 Å². The predicted molar refractivity (Wildman–Crippen MR) is 106 cm³/mol. The van der Waals surface area contributed by atoms with Gasteiger partial charge in [0.15, 0.2) is 0 Å². The number of carbonyl (C=O) groups is 1. The quantitative estimate of drug-likeness (QED) is 0.814. The molecule has 1 fully saturated rings. The van der Waals surface area contributed by atoms with E-state index in [2.05, 4.69) is 16.0 Å². The van der Waals surface area contributed by atoms with Crippen molar-refractivity contribution in [1.29, 1.82) is 0 Å². The molecule has 144 valence electrons. The van der Waals surface area contributed by atoms with Gasteiger partial charge in [-0.05, 0) is 48.9 Å². The molecule has 0 aliphatic carbocycles. The third kappa shape index (κ3) is 3.51. The van der Waals surface area contributed by atoms with Gasteiger partial charge < -0.3 is 15.6 Å². The fourth-order valence-corrected chi connectivity index (χ4v) is 5.49. The maximum atomic E-state index is 11.8. The fourth-order valence-electron chi connectivity index (χ4n) is 4.36. The number of benzene rings is 1. The Hall–Kier alpha value is -1.83. The van der Waals surface area contributed by atoms with Crippen molar-refractivity contribution in [2.45, 2.75) is 36.2 Å². The van der Waals surface area contributed by atoms with Crippen molar-refractivity contribution in [3.05, 3.63) is 30.0 Å². The van der Waals surface area contributed by atoms with Gasteiger partial charge in [-0.15, -0.1) is 11.8 Å². The molecule has 2 aromatic rings. The highest BCUT2D eigenvalue weighted by atomic mass is 32.2. The molecule has 1 aromatic heterocycles. The normalized spacial score (nSPS) is 25.5. The van der Waals surface area contributed by atoms with Crippen LogP contribution in [-0.2, 0) is 11.2 Å². The standard InChI is InChI=1S/C20H25N3O3S/c1-26-14-3-4-17-15(7-14)16-6-12(11-27-19(16)8-22-17)9-23-13(10-24)2-5-18(23)20(21)25/h3-4,7-8,12-13,18,24H,2,5-6,9-11H2,1H3,(H2,21,25). The van der Waals surface area contributed by atoms with Crippen molar-refractivity contribution < 1.29 is 14.6 Å². The molecule has 2 aliphatic heterocycles. The van der Waals surface area contributed by atoms with Crippen molar-refractivity contribution in [2.24, 2.45) is 11.7 Å². The average Bonchev–Trinajstić information content (AvgIpc) is 3.10. The number of likely N-dealkylation sites (tertiary alicyclic amines) is 1. The van der Waals surface area contributed by atoms with E-state index in [1.54, 1.807) is 7.11 Å². The first-order valence-corrected chi connectivity index (χ1v) is 10.3. The fraction of sp³-hybridized carbons (Fsp3) is 0.500. The number of aliphatic hydroxyl groups excluding tert-OH is 1. The molecule has 3 heterocycles. The van der Waals surface area contributed by atoms with Gasteiger partial charge in [-0.25, -0.2) is 0 Å². The van der Waals surface area contributed by atoms with Gasteiger partial charge in [-0.2, -0.15) is 0 Å². The minimum absolute atomic E-state index is 0.0307. The number of fused-ring (bicyclic) bond motifs is 3. The molecule has 2 aliphatic rings. The summed E-state index contributed by atoms with van der Waals surface area (Å²) in [6, 6.07) is 5.76. The Kier molecular flexibility index (Phi) is 5.25. The zero-order valence-electron chi connectivity index (χ0n) is 15.4. The lowest BCUT2D eigenvalue weighted by atomic mass is 9.96. The van der Waals surface area contributed by atoms with Gasteiger partial charge in [-0.3, -0.25) is 14.7 Å². The highest BCUT2D eigenvalue weighted by Crippen LogP contribution is 2.38. The number of aromatic nitrogens is 1. The second-order valence-corrected chi connectivity index (χ2v) is 8.46. The Bertz CT molecular complexity index is 854. The lowest BCUT2D eigenvalue weighted by Crippen LogP contribution is -2.47. The number of nitrogens with two attached hydrogens (primary N) is 1. The number of primary amides is 1. The summed E-state index contributed by atoms with van der Waals surface area (Å²) in [5.74, 6) is 1.92. The van der Waals surface area contributed by atoms with E-state index in [1.165, 1.54) is 10.5 Å². The second kappa shape index (κ2) is 7.66. The third-order valence-corrected chi connectivity index (χ3v) is 7.07. The van der Waals surface area contributed by atoms with Crippen molar-refractivity contribution >= 4 is 28.6 Å². The molecule has 0 radical (unpaired) electrons. The van der Waals surface area contributed by atoms with E-state index >= 15 is 0 Å². The van der Waals surface area contributed by atoms with E-state index in [1.807, 2.05) is 30.1 Å². The number of carbonyl (C=O) groups excluding carboxylic acids is 1. The van der Waals surface area contributed by atoms with Crippen LogP contribution in [0.25, 0.3) is 10.9 Å². The monoisotopic (exact) mass is 387 g/mol. The predicted octanol–water partition coefficient (Wildman–Crippen LogP) is 1.82. The van der Waals surface area contributed by atoms with Crippen LogP contribution >= 0.6 is 11.8 Å². The zero-order valence-corrected chi connectivity index (χ0v) is 16.2. The summed E-state index contributed by atoms with van der Waals surface area (Å²) >= 11 is 1.82. The maximum absolute atomic E-state index is 11.8. The van der Waals surface area contributed by atoms with Crippen LogP contribution in [0.2, 0.25) is 0 Å². The smallest absolute Gasteiger partial charge is 0.234 e. The number of aliphatic hydroxyl groups is 1. The van der Waals surface area contributed by atoms with Gasteiger partial charge in [-0.1, -0.05) is 0 Å². The van der Waals surface area contributed by atoms with Crippen LogP contribution in [0, 0.1) is 5.92 Å². The SMILES string of the molecule is COc1ccc2ncc3c(c2c1)CC(CN1C(CO)CCC1C(N)=O)CS3. The second-order valence-electron chi connectivity index (χ2n) is 7.39. The van der Waals surface area contributed by atoms with Crippen molar-refractivity contribution in [3.8, 4) is 5.75 Å². The maximum Gasteiger partial charge on any atom is 0.234 e. The summed E-state index contributed by atoms with van der Waals surface area (Å²) < 4.78 is 5.39. The van der Waals surface area contributed by atoms with Crippen LogP contribution in [0.3, 0.4) is 0 Å². The Morgan fingerprint density at radius 1 is 1.44 bits per heavy atom. The molecule has 0 bridgehead atoms. The van der Waals surface area contributed by atoms with E-state index in [-0.39, 0.29) is 24.6 Å². The number of pyridine rings is 1. The summed E-state index contributed by atoms with van der Waals surface area (Å²) in [5, 5.41) is 10.8. The van der Waals surface area contributed by atoms with Crippen molar-refractivity contribution in [3.63, 3.8) is 0 Å². The van der Waals surface area contributed by atoms with Crippen LogP contribution in [0.15, 0.2) is 29.3 Å². The lowest BCUT2D eigenvalue weighted by molar-refractivity contribution is -0.123. The number of ether oxygens (including phenoxy) is 1. The van der Waals surface area contributed by atoms with E-state index in [0.29, 0.717) is 5.92 Å². The molecule has 3 N–H and O–H groups in total. The largest absolute Gasteiger partial charge is 0.497 e. The first-order chi connectivity index (χ1) is 13.1. The summed E-state index contributed by atoms with van der Waals surface area (Å²) in [7, 11) is 1.67. The molecular weight excluding hydrogens is 362 g/mol. The number of methoxy groups -OCH3 is 1. The first kappa shape index (κ1) is 18.5. The summed E-state index contributed by atoms with van der Waals surface area (Å²) in [6.07, 6.45) is 4.45. The minimum Gasteiger partial charge on any atom is -0.497 e. The lowest BCUT2D eigenvalue weighted by Gasteiger charge is -2.33. The molecule has 0 saturated carbocycles. The summed E-state index contributed by atoms with van der Waals surface area (Å²) in [4.78, 5) is 19.8. The molecule has 6 nitrogen and oxygen atoms in total. The molecule has 27 heavy (non-hydrogen) atoms. The van der Waals surface area contributed by atoms with Crippen LogP contribution in [0.4, 0.5) is 0 Å². The van der Waals surface area contributed by atoms with Gasteiger partial charge in [0.25, 0.3) is 0 Å². The van der Waals surface area contributed by atoms with E-state index in [0.717, 1.165) is 48.2 Å². The van der Waals surface area contributed by atoms with E-state index in [9.17, 15) is 9.90 Å². The number of hydrogen-bond donors (Lipinski definition) is 2. The summed E-state index contributed by atoms with van der Waals surface area (Å²) in [6.45, 7) is 0.851. The average molecular weight is 388 g/mol. The Labute approximate surface area is 163 Å². The number of thioether (sulfide) groups is 1. The Balaban J connectivity index is 1.60. The zero-order chi connectivity index (χ0) is 19.0. The first-order valence-electron chi connectivity index (χ1n) is 9.35. The molecule has 7 heteroatoms. The minimum atomic E-state index is -0.283. The van der Waals surface area contributed by atoms with Gasteiger partial charge in [0.05, 0.1) is 25.3 Å². The van der Waals surface area contributed by atoms with Gasteiger partial charge in [0.1, 0.15) is 5.75 Å². The molecule has 3 unspecified atom stereocenters. The molecule has 3 atom stereocenters. The molecule has 1 aromatic carbocycles. The number of nitrogens with zero attached hydrogens (tertiary/aromatic N) is 2. The molecular formula is C20H25N3O3S. The molecule has 4 rings (SSSR count). The number of hydrogen-bond acceptors (Lipinski definition) is 6. The van der Waals surface area contributed by atoms with Crippen LogP contribution in [0.5, 0.6) is 5.75 Å². The topological polar surface area (TPSA) is 88.7 Å². The van der Waals surface area contributed by atoms with Crippen molar-refractivity contribution in [1.82, 2.24) is 9.88 Å². The van der Waals surface area contributed by atoms with Crippen LogP contribution in [-0.4, -0.2) is 59.0 Å². The van der Waals surface area contributed by atoms with Crippen molar-refractivity contribution in [2.75, 3.05) is 26.0 Å². The molecule has 0 spiro atoms.